The lowest BCUT2D eigenvalue weighted by Gasteiger charge is -2.30. The summed E-state index contributed by atoms with van der Waals surface area (Å²) in [6, 6.07) is -1.16. The van der Waals surface area contributed by atoms with Crippen LogP contribution in [0, 0.1) is 23.7 Å². The predicted octanol–water partition coefficient (Wildman–Crippen LogP) is -0.111. The van der Waals surface area contributed by atoms with E-state index in [1.54, 1.807) is 71.9 Å². The number of hydrogen-bond donors (Lipinski definition) is 12. The minimum atomic E-state index is -1.70. The van der Waals surface area contributed by atoms with Gasteiger partial charge in [0, 0.05) is 25.2 Å². The molecule has 0 saturated heterocycles. The highest BCUT2D eigenvalue weighted by Gasteiger charge is 2.35. The van der Waals surface area contributed by atoms with Crippen molar-refractivity contribution in [2.45, 2.75) is 155 Å². The number of aliphatic hydroxyl groups excluding tert-OH is 1. The Morgan fingerprint density at radius 2 is 1.03 bits per heavy atom. The van der Waals surface area contributed by atoms with Crippen molar-refractivity contribution in [1.82, 2.24) is 31.9 Å². The van der Waals surface area contributed by atoms with E-state index >= 15 is 0 Å². The van der Waals surface area contributed by atoms with Crippen LogP contribution < -0.4 is 37.6 Å². The molecule has 1 aromatic rings. The van der Waals surface area contributed by atoms with Crippen LogP contribution in [0.1, 0.15) is 105 Å². The van der Waals surface area contributed by atoms with Crippen LogP contribution in [0.3, 0.4) is 0 Å². The molecule has 22 heteroatoms. The number of nitrogens with one attached hydrogen (secondary N) is 6. The zero-order valence-corrected chi connectivity index (χ0v) is 38.6. The average molecular weight is 936 g/mol. The van der Waals surface area contributed by atoms with Gasteiger partial charge in [-0.3, -0.25) is 43.2 Å². The number of aliphatic carboxylic acids is 4. The zero-order valence-electron chi connectivity index (χ0n) is 38.6. The second-order valence-corrected chi connectivity index (χ2v) is 17.7. The first-order valence-corrected chi connectivity index (χ1v) is 21.9. The van der Waals surface area contributed by atoms with Gasteiger partial charge in [-0.2, -0.15) is 0 Å². The van der Waals surface area contributed by atoms with Crippen molar-refractivity contribution in [1.29, 1.82) is 0 Å². The molecule has 0 heterocycles. The van der Waals surface area contributed by atoms with Crippen molar-refractivity contribution in [3.05, 3.63) is 35.9 Å². The fourth-order valence-corrected chi connectivity index (χ4v) is 6.74. The summed E-state index contributed by atoms with van der Waals surface area (Å²) >= 11 is 0. The predicted molar refractivity (Wildman–Crippen MR) is 237 cm³/mol. The minimum Gasteiger partial charge on any atom is -0.481 e. The average Bonchev–Trinajstić information content (AvgIpc) is 3.21. The van der Waals surface area contributed by atoms with E-state index in [0.29, 0.717) is 5.56 Å². The number of nitrogens with two attached hydrogens (primary N) is 1. The Balaban J connectivity index is 3.20. The Morgan fingerprint density at radius 1 is 0.530 bits per heavy atom. The van der Waals surface area contributed by atoms with Crippen LogP contribution in [0.5, 0.6) is 0 Å². The molecule has 6 amide bonds. The van der Waals surface area contributed by atoms with Crippen molar-refractivity contribution < 1.29 is 73.5 Å². The van der Waals surface area contributed by atoms with E-state index in [1.807, 2.05) is 0 Å². The molecular weight excluding hydrogens is 867 g/mol. The molecule has 0 spiro atoms. The van der Waals surface area contributed by atoms with Crippen LogP contribution in [0.15, 0.2) is 30.3 Å². The highest BCUT2D eigenvalue weighted by Crippen LogP contribution is 2.18. The molecule has 3 unspecified atom stereocenters. The Labute approximate surface area is 384 Å². The number of carbonyl (C=O) groups is 10. The summed E-state index contributed by atoms with van der Waals surface area (Å²) < 4.78 is 0. The summed E-state index contributed by atoms with van der Waals surface area (Å²) in [4.78, 5) is 127. The fraction of sp³-hybridized carbons (Fsp3) is 0.636. The van der Waals surface area contributed by atoms with Crippen LogP contribution >= 0.6 is 0 Å². The molecule has 9 atom stereocenters. The monoisotopic (exact) mass is 935 g/mol. The lowest BCUT2D eigenvalue weighted by molar-refractivity contribution is -0.143. The lowest BCUT2D eigenvalue weighted by Crippen LogP contribution is -2.58. The van der Waals surface area contributed by atoms with Crippen LogP contribution in [0.2, 0.25) is 0 Å². The van der Waals surface area contributed by atoms with E-state index in [-0.39, 0.29) is 43.9 Å². The molecule has 0 radical (unpaired) electrons. The van der Waals surface area contributed by atoms with Crippen LogP contribution in [0.4, 0.5) is 0 Å². The number of carbonyl (C=O) groups excluding carboxylic acids is 6. The number of carboxylic acids is 4. The SMILES string of the molecule is CC(C)C[C@H](NC(=O)C(N)CCC(=O)O)C(=O)NC(CC(=O)O)C(=O)N[C@@H](CC(C)C)[C@@H](O)C[C@@H](C)C(=O)N[C@H](C(=O)NC(CCC(=O)O)C(=O)N[C@@H](Cc1ccccc1)C(=O)O)C(C)C. The third-order valence-corrected chi connectivity index (χ3v) is 10.3. The van der Waals surface area contributed by atoms with Gasteiger partial charge in [0.1, 0.15) is 30.2 Å². The molecule has 370 valence electrons. The summed E-state index contributed by atoms with van der Waals surface area (Å²) in [5.41, 5.74) is 6.40. The van der Waals surface area contributed by atoms with Crippen molar-refractivity contribution in [3.63, 3.8) is 0 Å². The minimum absolute atomic E-state index is 0.0433. The van der Waals surface area contributed by atoms with Gasteiger partial charge in [0.25, 0.3) is 0 Å². The largest absolute Gasteiger partial charge is 0.481 e. The van der Waals surface area contributed by atoms with Crippen LogP contribution in [-0.2, 0) is 54.4 Å². The maximum atomic E-state index is 13.7. The zero-order chi connectivity index (χ0) is 50.4. The van der Waals surface area contributed by atoms with Gasteiger partial charge in [0.2, 0.25) is 35.4 Å². The molecule has 0 aromatic heterocycles. The molecule has 66 heavy (non-hydrogen) atoms. The summed E-state index contributed by atoms with van der Waals surface area (Å²) in [6.07, 6.45) is -4.17. The standard InChI is InChI=1S/C44H69N7O15/c1-22(2)17-29(47-42(63)31(21-36(57)58)49-41(62)30(18-23(3)4)48-39(60)27(45)13-15-34(53)54)33(52)19-25(7)38(59)51-37(24(5)6)43(64)46-28(14-16-35(55)56)40(61)50-32(44(65)66)20-26-11-9-8-10-12-26/h8-12,22-25,27-33,37,52H,13-21,45H2,1-7H3,(H,46,64)(H,47,63)(H,48,60)(H,49,62)(H,50,61)(H,51,59)(H,53,54)(H,55,56)(H,57,58)(H,65,66)/t25-,27?,28?,29+,30+,31?,32+,33+,37+/m1/s1. The molecular formula is C44H69N7O15. The van der Waals surface area contributed by atoms with E-state index in [9.17, 15) is 68.4 Å². The Kier molecular flexibility index (Phi) is 25.1. The van der Waals surface area contributed by atoms with Gasteiger partial charge in [0.15, 0.2) is 0 Å². The summed E-state index contributed by atoms with van der Waals surface area (Å²) in [6.45, 7) is 11.7. The van der Waals surface area contributed by atoms with Gasteiger partial charge in [-0.1, -0.05) is 78.8 Å². The molecule has 0 saturated carbocycles. The van der Waals surface area contributed by atoms with E-state index in [2.05, 4.69) is 31.9 Å². The van der Waals surface area contributed by atoms with Gasteiger partial charge >= 0.3 is 23.9 Å². The smallest absolute Gasteiger partial charge is 0.326 e. The number of rotatable bonds is 31. The van der Waals surface area contributed by atoms with Crippen molar-refractivity contribution in [2.75, 3.05) is 0 Å². The quantitative estimate of drug-likeness (QED) is 0.0462. The molecule has 0 bridgehead atoms. The molecule has 0 aliphatic carbocycles. The molecule has 0 aliphatic rings. The maximum Gasteiger partial charge on any atom is 0.326 e. The maximum absolute atomic E-state index is 13.7. The Morgan fingerprint density at radius 3 is 1.55 bits per heavy atom. The van der Waals surface area contributed by atoms with Crippen molar-refractivity contribution in [3.8, 4) is 0 Å². The number of carboxylic acid groups (broad SMARTS) is 4. The first-order chi connectivity index (χ1) is 30.7. The number of benzene rings is 1. The van der Waals surface area contributed by atoms with Crippen molar-refractivity contribution >= 4 is 59.3 Å². The third kappa shape index (κ3) is 22.2. The summed E-state index contributed by atoms with van der Waals surface area (Å²) in [7, 11) is 0. The van der Waals surface area contributed by atoms with Gasteiger partial charge in [-0.25, -0.2) is 4.79 Å². The Hall–Kier alpha value is -6.16. The summed E-state index contributed by atoms with van der Waals surface area (Å²) in [5, 5.41) is 63.9. The van der Waals surface area contributed by atoms with Crippen LogP contribution in [-0.4, -0.2) is 133 Å². The highest BCUT2D eigenvalue weighted by molar-refractivity contribution is 5.95. The van der Waals surface area contributed by atoms with Gasteiger partial charge < -0.3 is 63.2 Å². The molecule has 13 N–H and O–H groups in total. The molecule has 1 rings (SSSR count). The second-order valence-electron chi connectivity index (χ2n) is 17.7. The Bertz CT molecular complexity index is 1830. The van der Waals surface area contributed by atoms with Gasteiger partial charge in [-0.05, 0) is 55.4 Å². The fourth-order valence-electron chi connectivity index (χ4n) is 6.74. The molecule has 22 nitrogen and oxygen atoms in total. The van der Waals surface area contributed by atoms with Crippen LogP contribution in [0.25, 0.3) is 0 Å². The van der Waals surface area contributed by atoms with Gasteiger partial charge in [0.05, 0.1) is 24.6 Å². The number of aliphatic hydroxyl groups is 1. The first-order valence-electron chi connectivity index (χ1n) is 21.9. The summed E-state index contributed by atoms with van der Waals surface area (Å²) in [5.74, 6) is -12.6. The normalized spacial score (nSPS) is 15.4. The molecule has 0 aliphatic heterocycles. The third-order valence-electron chi connectivity index (χ3n) is 10.3. The van der Waals surface area contributed by atoms with Gasteiger partial charge in [-0.15, -0.1) is 0 Å². The second kappa shape index (κ2) is 28.7. The highest BCUT2D eigenvalue weighted by atomic mass is 16.4. The number of hydrogen-bond acceptors (Lipinski definition) is 12. The van der Waals surface area contributed by atoms with E-state index in [0.717, 1.165) is 0 Å². The van der Waals surface area contributed by atoms with E-state index in [4.69, 9.17) is 10.8 Å². The van der Waals surface area contributed by atoms with E-state index < -0.39 is 145 Å². The lowest BCUT2D eigenvalue weighted by atomic mass is 9.91. The number of amides is 6. The first kappa shape index (κ1) is 57.9. The topological polar surface area (TPSA) is 370 Å². The molecule has 1 aromatic carbocycles. The van der Waals surface area contributed by atoms with Crippen molar-refractivity contribution in [2.24, 2.45) is 29.4 Å². The molecule has 0 fully saturated rings. The van der Waals surface area contributed by atoms with E-state index in [1.165, 1.54) is 6.92 Å².